The van der Waals surface area contributed by atoms with Crippen LogP contribution in [0, 0.1) is 0 Å². The predicted octanol–water partition coefficient (Wildman–Crippen LogP) is 4.06. The van der Waals surface area contributed by atoms with Crippen LogP contribution >= 0.6 is 0 Å². The van der Waals surface area contributed by atoms with Gasteiger partial charge in [0, 0.05) is 18.8 Å². The van der Waals surface area contributed by atoms with E-state index in [0.717, 1.165) is 24.5 Å². The summed E-state index contributed by atoms with van der Waals surface area (Å²) in [7, 11) is 0. The molecule has 2 aromatic carbocycles. The standard InChI is InChI=1S/C18H22N2O/c1-2-21-17-11-4-3-10-16(17)20-13-15-8-5-7-14-9-6-12-19-18(14)15/h3-5,7-8,10-11,19-20H,2,6,9,12-13H2,1H3. The Bertz CT molecular complexity index is 610. The van der Waals surface area contributed by atoms with Gasteiger partial charge in [0.25, 0.3) is 0 Å². The van der Waals surface area contributed by atoms with Gasteiger partial charge >= 0.3 is 0 Å². The molecule has 0 spiro atoms. The summed E-state index contributed by atoms with van der Waals surface area (Å²) in [5, 5.41) is 7.04. The van der Waals surface area contributed by atoms with Crippen molar-refractivity contribution in [2.45, 2.75) is 26.3 Å². The molecule has 3 rings (SSSR count). The molecule has 3 nitrogen and oxygen atoms in total. The molecule has 1 heterocycles. The Morgan fingerprint density at radius 1 is 1.14 bits per heavy atom. The fourth-order valence-electron chi connectivity index (χ4n) is 2.81. The van der Waals surface area contributed by atoms with Gasteiger partial charge in [-0.3, -0.25) is 0 Å². The van der Waals surface area contributed by atoms with E-state index in [1.54, 1.807) is 0 Å². The Morgan fingerprint density at radius 2 is 2.05 bits per heavy atom. The molecule has 0 bridgehead atoms. The summed E-state index contributed by atoms with van der Waals surface area (Å²) in [4.78, 5) is 0. The number of benzene rings is 2. The molecule has 0 amide bonds. The number of para-hydroxylation sites is 3. The smallest absolute Gasteiger partial charge is 0.142 e. The number of rotatable bonds is 5. The van der Waals surface area contributed by atoms with Crippen molar-refractivity contribution in [3.63, 3.8) is 0 Å². The maximum absolute atomic E-state index is 5.66. The third kappa shape index (κ3) is 3.13. The maximum atomic E-state index is 5.66. The predicted molar refractivity (Wildman–Crippen MR) is 88.2 cm³/mol. The molecule has 0 radical (unpaired) electrons. The molecule has 110 valence electrons. The first-order valence-electron chi connectivity index (χ1n) is 7.69. The molecule has 2 aromatic rings. The molecule has 0 saturated carbocycles. The molecular weight excluding hydrogens is 260 g/mol. The summed E-state index contributed by atoms with van der Waals surface area (Å²) in [5.74, 6) is 0.915. The first kappa shape index (κ1) is 13.8. The first-order valence-corrected chi connectivity index (χ1v) is 7.69. The number of ether oxygens (including phenoxy) is 1. The Labute approximate surface area is 126 Å². The molecule has 3 heteroatoms. The number of aryl methyl sites for hydroxylation is 1. The molecule has 0 saturated heterocycles. The lowest BCUT2D eigenvalue weighted by atomic mass is 9.99. The number of hydrogen-bond acceptors (Lipinski definition) is 3. The fourth-order valence-corrected chi connectivity index (χ4v) is 2.81. The Balaban J connectivity index is 1.76. The van der Waals surface area contributed by atoms with Crippen molar-refractivity contribution in [1.29, 1.82) is 0 Å². The van der Waals surface area contributed by atoms with Gasteiger partial charge in [-0.2, -0.15) is 0 Å². The molecular formula is C18H22N2O. The molecule has 0 fully saturated rings. The van der Waals surface area contributed by atoms with Crippen molar-refractivity contribution in [1.82, 2.24) is 0 Å². The number of anilines is 2. The van der Waals surface area contributed by atoms with E-state index >= 15 is 0 Å². The third-order valence-corrected chi connectivity index (χ3v) is 3.82. The summed E-state index contributed by atoms with van der Waals surface area (Å²) in [6, 6.07) is 14.7. The molecule has 2 N–H and O–H groups in total. The van der Waals surface area contributed by atoms with E-state index in [2.05, 4.69) is 34.9 Å². The van der Waals surface area contributed by atoms with E-state index in [9.17, 15) is 0 Å². The van der Waals surface area contributed by atoms with Gasteiger partial charge in [0.1, 0.15) is 5.75 Å². The van der Waals surface area contributed by atoms with Crippen LogP contribution < -0.4 is 15.4 Å². The second kappa shape index (κ2) is 6.53. The number of nitrogens with one attached hydrogen (secondary N) is 2. The molecule has 1 aliphatic rings. The van der Waals surface area contributed by atoms with Crippen LogP contribution in [0.25, 0.3) is 0 Å². The zero-order valence-corrected chi connectivity index (χ0v) is 12.5. The summed E-state index contributed by atoms with van der Waals surface area (Å²) in [5.41, 5.74) is 5.11. The van der Waals surface area contributed by atoms with Crippen LogP contribution in [-0.4, -0.2) is 13.2 Å². The summed E-state index contributed by atoms with van der Waals surface area (Å²) in [6.07, 6.45) is 2.39. The lowest BCUT2D eigenvalue weighted by molar-refractivity contribution is 0.341. The zero-order valence-electron chi connectivity index (χ0n) is 12.5. The van der Waals surface area contributed by atoms with Crippen LogP contribution in [0.3, 0.4) is 0 Å². The minimum Gasteiger partial charge on any atom is -0.492 e. The lowest BCUT2D eigenvalue weighted by Gasteiger charge is -2.22. The Kier molecular flexibility index (Phi) is 4.29. The van der Waals surface area contributed by atoms with Gasteiger partial charge in [0.05, 0.1) is 12.3 Å². The zero-order chi connectivity index (χ0) is 14.5. The quantitative estimate of drug-likeness (QED) is 0.867. The highest BCUT2D eigenvalue weighted by molar-refractivity contribution is 5.62. The molecule has 21 heavy (non-hydrogen) atoms. The summed E-state index contributed by atoms with van der Waals surface area (Å²) < 4.78 is 5.66. The highest BCUT2D eigenvalue weighted by atomic mass is 16.5. The van der Waals surface area contributed by atoms with Crippen LogP contribution in [0.5, 0.6) is 5.75 Å². The molecule has 0 aliphatic carbocycles. The van der Waals surface area contributed by atoms with Crippen molar-refractivity contribution < 1.29 is 4.74 Å². The van der Waals surface area contributed by atoms with E-state index in [-0.39, 0.29) is 0 Å². The average Bonchev–Trinajstić information content (AvgIpc) is 2.54. The van der Waals surface area contributed by atoms with Gasteiger partial charge in [-0.05, 0) is 43.0 Å². The minimum atomic E-state index is 0.682. The van der Waals surface area contributed by atoms with E-state index in [4.69, 9.17) is 4.74 Å². The van der Waals surface area contributed by atoms with Gasteiger partial charge in [-0.25, -0.2) is 0 Å². The number of fused-ring (bicyclic) bond motifs is 1. The highest BCUT2D eigenvalue weighted by Crippen LogP contribution is 2.28. The van der Waals surface area contributed by atoms with E-state index in [1.807, 2.05) is 25.1 Å². The number of hydrogen-bond donors (Lipinski definition) is 2. The summed E-state index contributed by atoms with van der Waals surface area (Å²) >= 11 is 0. The molecule has 0 aromatic heterocycles. The Hall–Kier alpha value is -2.16. The van der Waals surface area contributed by atoms with Gasteiger partial charge < -0.3 is 15.4 Å². The van der Waals surface area contributed by atoms with E-state index < -0.39 is 0 Å². The van der Waals surface area contributed by atoms with Crippen molar-refractivity contribution in [2.24, 2.45) is 0 Å². The highest BCUT2D eigenvalue weighted by Gasteiger charge is 2.12. The van der Waals surface area contributed by atoms with Crippen molar-refractivity contribution in [3.05, 3.63) is 53.6 Å². The lowest BCUT2D eigenvalue weighted by Crippen LogP contribution is -2.15. The van der Waals surface area contributed by atoms with Gasteiger partial charge in [-0.1, -0.05) is 30.3 Å². The SMILES string of the molecule is CCOc1ccccc1NCc1cccc2c1NCCC2. The minimum absolute atomic E-state index is 0.682. The topological polar surface area (TPSA) is 33.3 Å². The van der Waals surface area contributed by atoms with Crippen LogP contribution in [0.2, 0.25) is 0 Å². The van der Waals surface area contributed by atoms with E-state index in [0.29, 0.717) is 6.61 Å². The molecule has 0 unspecified atom stereocenters. The van der Waals surface area contributed by atoms with E-state index in [1.165, 1.54) is 29.7 Å². The van der Waals surface area contributed by atoms with Gasteiger partial charge in [-0.15, -0.1) is 0 Å². The largest absolute Gasteiger partial charge is 0.492 e. The average molecular weight is 282 g/mol. The van der Waals surface area contributed by atoms with Crippen molar-refractivity contribution in [2.75, 3.05) is 23.8 Å². The second-order valence-electron chi connectivity index (χ2n) is 5.26. The van der Waals surface area contributed by atoms with Crippen LogP contribution in [-0.2, 0) is 13.0 Å². The normalized spacial score (nSPS) is 13.2. The van der Waals surface area contributed by atoms with Gasteiger partial charge in [0.15, 0.2) is 0 Å². The summed E-state index contributed by atoms with van der Waals surface area (Å²) in [6.45, 7) is 4.56. The fraction of sp³-hybridized carbons (Fsp3) is 0.333. The Morgan fingerprint density at radius 3 is 2.95 bits per heavy atom. The van der Waals surface area contributed by atoms with Crippen LogP contribution in [0.1, 0.15) is 24.5 Å². The van der Waals surface area contributed by atoms with Crippen molar-refractivity contribution in [3.8, 4) is 5.75 Å². The monoisotopic (exact) mass is 282 g/mol. The molecule has 1 aliphatic heterocycles. The van der Waals surface area contributed by atoms with Gasteiger partial charge in [0.2, 0.25) is 0 Å². The second-order valence-corrected chi connectivity index (χ2v) is 5.26. The van der Waals surface area contributed by atoms with Crippen molar-refractivity contribution >= 4 is 11.4 Å². The molecule has 0 atom stereocenters. The maximum Gasteiger partial charge on any atom is 0.142 e. The van der Waals surface area contributed by atoms with Crippen LogP contribution in [0.15, 0.2) is 42.5 Å². The third-order valence-electron chi connectivity index (χ3n) is 3.82. The first-order chi connectivity index (χ1) is 10.4. The van der Waals surface area contributed by atoms with Crippen LogP contribution in [0.4, 0.5) is 11.4 Å².